The molecule has 0 aliphatic carbocycles. The van der Waals surface area contributed by atoms with Crippen LogP contribution >= 0.6 is 0 Å². The third kappa shape index (κ3) is 5.21. The first-order valence-corrected chi connectivity index (χ1v) is 12.9. The highest BCUT2D eigenvalue weighted by molar-refractivity contribution is 6.07. The third-order valence-corrected chi connectivity index (χ3v) is 7.26. The number of para-hydroxylation sites is 3. The molecule has 190 valence electrons. The molecule has 3 amide bonds. The van der Waals surface area contributed by atoms with E-state index < -0.39 is 5.92 Å². The SMILES string of the molecule is CCc1ccccc1N1CC(C(=O)Nc2ccccc2C(=O)N2CCN(c3ccccc3)CC2)CC1=O. The Balaban J connectivity index is 1.25. The van der Waals surface area contributed by atoms with Crippen molar-refractivity contribution in [2.75, 3.05) is 47.8 Å². The van der Waals surface area contributed by atoms with Gasteiger partial charge in [-0.25, -0.2) is 0 Å². The number of benzene rings is 3. The summed E-state index contributed by atoms with van der Waals surface area (Å²) in [4.78, 5) is 45.3. The van der Waals surface area contributed by atoms with Gasteiger partial charge in [0.1, 0.15) is 0 Å². The Bertz CT molecular complexity index is 1280. The lowest BCUT2D eigenvalue weighted by Crippen LogP contribution is -2.49. The molecule has 37 heavy (non-hydrogen) atoms. The molecule has 0 radical (unpaired) electrons. The van der Waals surface area contributed by atoms with Gasteiger partial charge in [-0.2, -0.15) is 0 Å². The van der Waals surface area contributed by atoms with Crippen LogP contribution in [-0.4, -0.2) is 55.3 Å². The number of carbonyl (C=O) groups excluding carboxylic acids is 3. The summed E-state index contributed by atoms with van der Waals surface area (Å²) < 4.78 is 0. The Kier molecular flexibility index (Phi) is 7.21. The predicted molar refractivity (Wildman–Crippen MR) is 146 cm³/mol. The van der Waals surface area contributed by atoms with E-state index in [2.05, 4.69) is 29.3 Å². The van der Waals surface area contributed by atoms with Crippen LogP contribution in [-0.2, 0) is 16.0 Å². The lowest BCUT2D eigenvalue weighted by Gasteiger charge is -2.36. The smallest absolute Gasteiger partial charge is 0.256 e. The van der Waals surface area contributed by atoms with Gasteiger partial charge in [0.15, 0.2) is 0 Å². The first-order chi connectivity index (χ1) is 18.0. The van der Waals surface area contributed by atoms with Gasteiger partial charge in [0.2, 0.25) is 11.8 Å². The van der Waals surface area contributed by atoms with Gasteiger partial charge in [0.05, 0.1) is 17.2 Å². The molecule has 2 aliphatic rings. The standard InChI is InChI=1S/C30H32N4O3/c1-2-22-10-6-9-15-27(22)34-21-23(20-28(34)35)29(36)31-26-14-8-7-13-25(26)30(37)33-18-16-32(17-19-33)24-11-4-3-5-12-24/h3-15,23H,2,16-21H2,1H3,(H,31,36). The summed E-state index contributed by atoms with van der Waals surface area (Å²) in [5, 5.41) is 2.95. The zero-order valence-electron chi connectivity index (χ0n) is 21.1. The Morgan fingerprint density at radius 3 is 2.30 bits per heavy atom. The van der Waals surface area contributed by atoms with Crippen LogP contribution in [0.4, 0.5) is 17.1 Å². The summed E-state index contributed by atoms with van der Waals surface area (Å²) in [5.41, 5.74) is 4.07. The molecule has 0 spiro atoms. The highest BCUT2D eigenvalue weighted by Gasteiger charge is 2.36. The van der Waals surface area contributed by atoms with Crippen LogP contribution in [0.1, 0.15) is 29.3 Å². The highest BCUT2D eigenvalue weighted by atomic mass is 16.2. The minimum atomic E-state index is -0.477. The molecule has 1 unspecified atom stereocenters. The van der Waals surface area contributed by atoms with Crippen molar-refractivity contribution in [2.24, 2.45) is 5.92 Å². The normalized spacial score (nSPS) is 17.7. The van der Waals surface area contributed by atoms with E-state index in [-0.39, 0.29) is 24.1 Å². The van der Waals surface area contributed by atoms with Gasteiger partial charge < -0.3 is 20.0 Å². The number of rotatable bonds is 6. The van der Waals surface area contributed by atoms with E-state index in [1.54, 1.807) is 17.0 Å². The van der Waals surface area contributed by atoms with Crippen LogP contribution in [0.3, 0.4) is 0 Å². The van der Waals surface area contributed by atoms with Gasteiger partial charge in [-0.15, -0.1) is 0 Å². The van der Waals surface area contributed by atoms with E-state index in [0.717, 1.165) is 36.4 Å². The van der Waals surface area contributed by atoms with Crippen molar-refractivity contribution in [3.8, 4) is 0 Å². The van der Waals surface area contributed by atoms with E-state index in [4.69, 9.17) is 0 Å². The molecule has 7 heteroatoms. The molecule has 5 rings (SSSR count). The molecular weight excluding hydrogens is 464 g/mol. The van der Waals surface area contributed by atoms with Crippen LogP contribution in [0.25, 0.3) is 0 Å². The van der Waals surface area contributed by atoms with Gasteiger partial charge in [-0.3, -0.25) is 14.4 Å². The van der Waals surface area contributed by atoms with Crippen molar-refractivity contribution in [1.29, 1.82) is 0 Å². The Morgan fingerprint density at radius 2 is 1.54 bits per heavy atom. The number of nitrogens with zero attached hydrogens (tertiary/aromatic N) is 3. The maximum Gasteiger partial charge on any atom is 0.256 e. The summed E-state index contributed by atoms with van der Waals surface area (Å²) in [7, 11) is 0. The number of hydrogen-bond acceptors (Lipinski definition) is 4. The molecular formula is C30H32N4O3. The quantitative estimate of drug-likeness (QED) is 0.555. The number of piperazine rings is 1. The maximum absolute atomic E-state index is 13.4. The number of aryl methyl sites for hydroxylation is 1. The molecule has 0 saturated carbocycles. The summed E-state index contributed by atoms with van der Waals surface area (Å²) in [6.07, 6.45) is 0.966. The fraction of sp³-hybridized carbons (Fsp3) is 0.300. The van der Waals surface area contributed by atoms with Gasteiger partial charge in [0.25, 0.3) is 5.91 Å². The number of anilines is 3. The lowest BCUT2D eigenvalue weighted by atomic mass is 10.1. The summed E-state index contributed by atoms with van der Waals surface area (Å²) in [5.74, 6) is -0.861. The second-order valence-electron chi connectivity index (χ2n) is 9.54. The molecule has 2 fully saturated rings. The minimum Gasteiger partial charge on any atom is -0.368 e. The average molecular weight is 497 g/mol. The van der Waals surface area contributed by atoms with E-state index >= 15 is 0 Å². The van der Waals surface area contributed by atoms with E-state index in [1.807, 2.05) is 59.5 Å². The van der Waals surface area contributed by atoms with Crippen LogP contribution in [0.2, 0.25) is 0 Å². The van der Waals surface area contributed by atoms with Crippen molar-refractivity contribution in [3.63, 3.8) is 0 Å². The van der Waals surface area contributed by atoms with E-state index in [9.17, 15) is 14.4 Å². The highest BCUT2D eigenvalue weighted by Crippen LogP contribution is 2.30. The number of amides is 3. The monoisotopic (exact) mass is 496 g/mol. The zero-order chi connectivity index (χ0) is 25.8. The van der Waals surface area contributed by atoms with Gasteiger partial charge in [0, 0.05) is 50.5 Å². The average Bonchev–Trinajstić information content (AvgIpc) is 3.35. The van der Waals surface area contributed by atoms with E-state index in [0.29, 0.717) is 30.9 Å². The zero-order valence-corrected chi connectivity index (χ0v) is 21.1. The second-order valence-corrected chi connectivity index (χ2v) is 9.54. The lowest BCUT2D eigenvalue weighted by molar-refractivity contribution is -0.122. The van der Waals surface area contributed by atoms with Crippen molar-refractivity contribution in [3.05, 3.63) is 90.0 Å². The van der Waals surface area contributed by atoms with Gasteiger partial charge >= 0.3 is 0 Å². The second kappa shape index (κ2) is 10.9. The fourth-order valence-corrected chi connectivity index (χ4v) is 5.18. The molecule has 2 saturated heterocycles. The van der Waals surface area contributed by atoms with Crippen LogP contribution in [0.5, 0.6) is 0 Å². The molecule has 0 aromatic heterocycles. The predicted octanol–water partition coefficient (Wildman–Crippen LogP) is 4.20. The van der Waals surface area contributed by atoms with Crippen LogP contribution < -0.4 is 15.1 Å². The molecule has 7 nitrogen and oxygen atoms in total. The molecule has 2 heterocycles. The van der Waals surface area contributed by atoms with Gasteiger partial charge in [-0.05, 0) is 42.3 Å². The number of carbonyl (C=O) groups is 3. The minimum absolute atomic E-state index is 0.0540. The summed E-state index contributed by atoms with van der Waals surface area (Å²) in [6.45, 7) is 5.11. The first-order valence-electron chi connectivity index (χ1n) is 12.9. The summed E-state index contributed by atoms with van der Waals surface area (Å²) >= 11 is 0. The molecule has 2 aliphatic heterocycles. The number of nitrogens with one attached hydrogen (secondary N) is 1. The molecule has 0 bridgehead atoms. The van der Waals surface area contributed by atoms with Crippen LogP contribution in [0.15, 0.2) is 78.9 Å². The maximum atomic E-state index is 13.4. The topological polar surface area (TPSA) is 73.0 Å². The Hall–Kier alpha value is -4.13. The van der Waals surface area contributed by atoms with Crippen molar-refractivity contribution in [2.45, 2.75) is 19.8 Å². The first kappa shape index (κ1) is 24.6. The Labute approximate surface area is 217 Å². The van der Waals surface area contributed by atoms with Crippen molar-refractivity contribution >= 4 is 34.8 Å². The number of hydrogen-bond donors (Lipinski definition) is 1. The van der Waals surface area contributed by atoms with Crippen molar-refractivity contribution < 1.29 is 14.4 Å². The molecule has 1 N–H and O–H groups in total. The van der Waals surface area contributed by atoms with E-state index in [1.165, 1.54) is 0 Å². The Morgan fingerprint density at radius 1 is 0.865 bits per heavy atom. The molecule has 3 aromatic rings. The molecule has 1 atom stereocenters. The van der Waals surface area contributed by atoms with Gasteiger partial charge in [-0.1, -0.05) is 55.5 Å². The fourth-order valence-electron chi connectivity index (χ4n) is 5.18. The van der Waals surface area contributed by atoms with Crippen LogP contribution in [0, 0.1) is 5.92 Å². The largest absolute Gasteiger partial charge is 0.368 e. The molecule has 3 aromatic carbocycles. The third-order valence-electron chi connectivity index (χ3n) is 7.26. The van der Waals surface area contributed by atoms with Crippen molar-refractivity contribution in [1.82, 2.24) is 4.90 Å². The summed E-state index contributed by atoms with van der Waals surface area (Å²) in [6, 6.07) is 25.1.